The van der Waals surface area contributed by atoms with E-state index in [1.807, 2.05) is 0 Å². The quantitative estimate of drug-likeness (QED) is 0.653. The van der Waals surface area contributed by atoms with Gasteiger partial charge >= 0.3 is 15.6 Å². The van der Waals surface area contributed by atoms with E-state index < -0.39 is 21.2 Å². The van der Waals surface area contributed by atoms with Crippen molar-refractivity contribution >= 4 is 10.1 Å². The lowest BCUT2D eigenvalue weighted by Crippen LogP contribution is -2.45. The van der Waals surface area contributed by atoms with Crippen LogP contribution in [0.2, 0.25) is 0 Å². The summed E-state index contributed by atoms with van der Waals surface area (Å²) in [7, 11) is -5.71. The highest BCUT2D eigenvalue weighted by atomic mass is 32.2. The Morgan fingerprint density at radius 2 is 1.91 bits per heavy atom. The molecule has 0 aliphatic carbocycles. The summed E-state index contributed by atoms with van der Waals surface area (Å²) in [6.45, 7) is 1.72. The second-order valence-electron chi connectivity index (χ2n) is 5.62. The van der Waals surface area contributed by atoms with Gasteiger partial charge in [-0.2, -0.15) is 21.6 Å². The van der Waals surface area contributed by atoms with E-state index in [-0.39, 0.29) is 5.75 Å². The van der Waals surface area contributed by atoms with Crippen LogP contribution in [0.25, 0.3) is 0 Å². The van der Waals surface area contributed by atoms with Gasteiger partial charge in [0, 0.05) is 5.56 Å². The maximum Gasteiger partial charge on any atom is 0.534 e. The summed E-state index contributed by atoms with van der Waals surface area (Å²) in [5, 5.41) is 3.16. The lowest BCUT2D eigenvalue weighted by molar-refractivity contribution is -0.0815. The minimum Gasteiger partial charge on any atom is -0.376 e. The number of nitrogens with one attached hydrogen (secondary N) is 1. The molecule has 0 unspecified atom stereocenters. The third-order valence-corrected chi connectivity index (χ3v) is 5.18. The van der Waals surface area contributed by atoms with Crippen molar-refractivity contribution in [3.8, 4) is 5.75 Å². The molecule has 0 bridgehead atoms. The normalized spacial score (nSPS) is 21.0. The molecule has 1 aromatic rings. The van der Waals surface area contributed by atoms with Crippen LogP contribution < -0.4 is 9.50 Å². The van der Waals surface area contributed by atoms with Gasteiger partial charge in [-0.3, -0.25) is 0 Å². The number of alkyl halides is 3. The summed E-state index contributed by atoms with van der Waals surface area (Å²) in [5.41, 5.74) is -5.06. The van der Waals surface area contributed by atoms with Crippen LogP contribution in [0, 0.1) is 0 Å². The Bertz CT molecular complexity index is 696. The lowest BCUT2D eigenvalue weighted by atomic mass is 9.79. The Labute approximate surface area is 131 Å². The van der Waals surface area contributed by atoms with Gasteiger partial charge in [0.2, 0.25) is 0 Å². The first-order chi connectivity index (χ1) is 10.8. The third-order valence-electron chi connectivity index (χ3n) is 4.21. The molecule has 0 saturated carbocycles. The number of halogens is 3. The maximum atomic E-state index is 12.6. The van der Waals surface area contributed by atoms with Crippen molar-refractivity contribution in [3.05, 3.63) is 29.3 Å². The molecule has 1 spiro atoms. The Morgan fingerprint density at radius 3 is 2.57 bits per heavy atom. The zero-order valence-electron chi connectivity index (χ0n) is 12.1. The molecule has 0 aromatic heterocycles. The van der Waals surface area contributed by atoms with Gasteiger partial charge in [-0.05, 0) is 44.0 Å². The van der Waals surface area contributed by atoms with E-state index in [1.165, 1.54) is 12.1 Å². The van der Waals surface area contributed by atoms with Crippen LogP contribution in [0.4, 0.5) is 13.2 Å². The average Bonchev–Trinajstić information content (AvgIpc) is 2.47. The minimum atomic E-state index is -5.71. The van der Waals surface area contributed by atoms with Gasteiger partial charge in [0.15, 0.2) is 0 Å². The molecule has 9 heteroatoms. The Hall–Kier alpha value is -1.32. The van der Waals surface area contributed by atoms with Crippen molar-refractivity contribution in [1.82, 2.24) is 5.32 Å². The average molecular weight is 351 g/mol. The van der Waals surface area contributed by atoms with E-state index >= 15 is 0 Å². The second kappa shape index (κ2) is 5.64. The van der Waals surface area contributed by atoms with E-state index in [2.05, 4.69) is 9.50 Å². The molecule has 1 aromatic carbocycles. The number of fused-ring (bicyclic) bond motifs is 2. The summed E-state index contributed by atoms with van der Waals surface area (Å²) in [6, 6.07) is 4.52. The van der Waals surface area contributed by atoms with Gasteiger partial charge < -0.3 is 14.2 Å². The summed E-state index contributed by atoms with van der Waals surface area (Å²) in [6.07, 6.45) is 1.60. The summed E-state index contributed by atoms with van der Waals surface area (Å²) >= 11 is 0. The van der Waals surface area contributed by atoms with Crippen LogP contribution in [-0.2, 0) is 26.9 Å². The minimum absolute atomic E-state index is 0.290. The molecular formula is C14H16F3NO4S. The molecule has 0 radical (unpaired) electrons. The van der Waals surface area contributed by atoms with Gasteiger partial charge in [-0.15, -0.1) is 0 Å². The number of hydrogen-bond acceptors (Lipinski definition) is 5. The van der Waals surface area contributed by atoms with Crippen LogP contribution in [0.5, 0.6) is 5.75 Å². The first-order valence-corrected chi connectivity index (χ1v) is 8.64. The SMILES string of the molecule is O=S(=O)(Oc1cccc2c1C1(CCNCC1)OCC2)C(F)(F)F. The van der Waals surface area contributed by atoms with Crippen LogP contribution in [0.15, 0.2) is 18.2 Å². The number of rotatable bonds is 2. The largest absolute Gasteiger partial charge is 0.534 e. The lowest BCUT2D eigenvalue weighted by Gasteiger charge is -2.42. The standard InChI is InChI=1S/C14H16F3NO4S/c15-14(16,17)23(19,20)22-11-3-1-2-10-4-9-21-13(12(10)11)5-7-18-8-6-13/h1-3,18H,4-9H2. The molecule has 1 saturated heterocycles. The van der Waals surface area contributed by atoms with Crippen LogP contribution >= 0.6 is 0 Å². The van der Waals surface area contributed by atoms with Crippen molar-refractivity contribution < 1.29 is 30.5 Å². The number of ether oxygens (including phenoxy) is 1. The van der Waals surface area contributed by atoms with Gasteiger partial charge in [-0.1, -0.05) is 12.1 Å². The predicted molar refractivity (Wildman–Crippen MR) is 75.5 cm³/mol. The highest BCUT2D eigenvalue weighted by molar-refractivity contribution is 7.88. The molecule has 23 heavy (non-hydrogen) atoms. The van der Waals surface area contributed by atoms with Crippen molar-refractivity contribution in [2.75, 3.05) is 19.7 Å². The van der Waals surface area contributed by atoms with Gasteiger partial charge in [-0.25, -0.2) is 0 Å². The predicted octanol–water partition coefficient (Wildman–Crippen LogP) is 2.07. The van der Waals surface area contributed by atoms with E-state index in [0.717, 1.165) is 5.56 Å². The summed E-state index contributed by atoms with van der Waals surface area (Å²) in [4.78, 5) is 0. The van der Waals surface area contributed by atoms with Gasteiger partial charge in [0.25, 0.3) is 0 Å². The first-order valence-electron chi connectivity index (χ1n) is 7.23. The van der Waals surface area contributed by atoms with Gasteiger partial charge in [0.1, 0.15) is 5.75 Å². The van der Waals surface area contributed by atoms with E-state index in [0.29, 0.717) is 44.5 Å². The molecule has 128 valence electrons. The highest BCUT2D eigenvalue weighted by Gasteiger charge is 2.50. The third kappa shape index (κ3) is 2.92. The number of hydrogen-bond donors (Lipinski definition) is 1. The van der Waals surface area contributed by atoms with Gasteiger partial charge in [0.05, 0.1) is 12.2 Å². The van der Waals surface area contributed by atoms with Crippen molar-refractivity contribution in [1.29, 1.82) is 0 Å². The second-order valence-corrected chi connectivity index (χ2v) is 7.15. The van der Waals surface area contributed by atoms with Crippen molar-refractivity contribution in [3.63, 3.8) is 0 Å². The molecule has 0 amide bonds. The smallest absolute Gasteiger partial charge is 0.376 e. The fraction of sp³-hybridized carbons (Fsp3) is 0.571. The Balaban J connectivity index is 2.07. The maximum absolute atomic E-state index is 12.6. The first kappa shape index (κ1) is 16.5. The zero-order valence-corrected chi connectivity index (χ0v) is 13.0. The van der Waals surface area contributed by atoms with Crippen molar-refractivity contribution in [2.24, 2.45) is 0 Å². The monoisotopic (exact) mass is 351 g/mol. The fourth-order valence-corrected chi connectivity index (χ4v) is 3.66. The van der Waals surface area contributed by atoms with Crippen molar-refractivity contribution in [2.45, 2.75) is 30.4 Å². The molecule has 5 nitrogen and oxygen atoms in total. The molecule has 3 rings (SSSR count). The number of benzene rings is 1. The molecule has 0 atom stereocenters. The molecule has 1 fully saturated rings. The molecule has 2 aliphatic rings. The topological polar surface area (TPSA) is 64.6 Å². The Morgan fingerprint density at radius 1 is 1.22 bits per heavy atom. The molecule has 2 aliphatic heterocycles. The highest BCUT2D eigenvalue weighted by Crippen LogP contribution is 2.45. The van der Waals surface area contributed by atoms with Crippen LogP contribution in [-0.4, -0.2) is 33.6 Å². The molecule has 2 heterocycles. The molecule has 1 N–H and O–H groups in total. The summed E-state index contributed by atoms with van der Waals surface area (Å²) in [5.74, 6) is -0.290. The number of piperidine rings is 1. The molecular weight excluding hydrogens is 335 g/mol. The van der Waals surface area contributed by atoms with Crippen LogP contribution in [0.3, 0.4) is 0 Å². The fourth-order valence-electron chi connectivity index (χ4n) is 3.19. The van der Waals surface area contributed by atoms with E-state index in [9.17, 15) is 21.6 Å². The van der Waals surface area contributed by atoms with E-state index in [4.69, 9.17) is 4.74 Å². The Kier molecular flexibility index (Phi) is 4.06. The summed E-state index contributed by atoms with van der Waals surface area (Å²) < 4.78 is 71.0. The van der Waals surface area contributed by atoms with E-state index in [1.54, 1.807) is 6.07 Å². The van der Waals surface area contributed by atoms with Crippen LogP contribution in [0.1, 0.15) is 24.0 Å². The zero-order chi connectivity index (χ0) is 16.7.